The van der Waals surface area contributed by atoms with Crippen molar-refractivity contribution in [1.82, 2.24) is 10.6 Å². The van der Waals surface area contributed by atoms with Gasteiger partial charge in [-0.15, -0.1) is 0 Å². The molecule has 1 heterocycles. The number of carbonyl (C=O) groups is 2. The van der Waals surface area contributed by atoms with Crippen LogP contribution in [-0.4, -0.2) is 46.6 Å². The molecule has 9 heteroatoms. The molecule has 0 aromatic rings. The normalized spacial score (nSPS) is 21.4. The van der Waals surface area contributed by atoms with Crippen LogP contribution in [0.4, 0.5) is 0 Å². The van der Waals surface area contributed by atoms with E-state index in [-0.39, 0.29) is 0 Å². The molecule has 0 radical (unpaired) electrons. The molecule has 0 aliphatic carbocycles. The number of hydrogen-bond acceptors (Lipinski definition) is 5. The zero-order chi connectivity index (χ0) is 13.8. The van der Waals surface area contributed by atoms with E-state index in [2.05, 4.69) is 15.4 Å². The molecule has 8 nitrogen and oxygen atoms in total. The van der Waals surface area contributed by atoms with E-state index in [1.165, 1.54) is 0 Å². The van der Waals surface area contributed by atoms with Crippen molar-refractivity contribution >= 4 is 19.5 Å². The Kier molecular flexibility index (Phi) is 5.28. The highest BCUT2D eigenvalue weighted by Gasteiger charge is 2.34. The van der Waals surface area contributed by atoms with Crippen LogP contribution >= 0.6 is 7.60 Å². The van der Waals surface area contributed by atoms with Gasteiger partial charge in [0.15, 0.2) is 5.78 Å². The third-order valence-electron chi connectivity index (χ3n) is 2.54. The first kappa shape index (κ1) is 15.1. The van der Waals surface area contributed by atoms with E-state index in [0.717, 1.165) is 13.3 Å². The number of esters is 1. The maximum absolute atomic E-state index is 11.7. The maximum Gasteiger partial charge on any atom is 0.351 e. The number of nitrogens with one attached hydrogen (secondary N) is 2. The second-order valence-corrected chi connectivity index (χ2v) is 5.87. The van der Waals surface area contributed by atoms with Crippen molar-refractivity contribution in [3.63, 3.8) is 0 Å². The number of ether oxygens (including phenoxy) is 1. The summed E-state index contributed by atoms with van der Waals surface area (Å²) < 4.78 is 15.7. The third-order valence-corrected chi connectivity index (χ3v) is 3.63. The van der Waals surface area contributed by atoms with Crippen LogP contribution in [0.5, 0.6) is 0 Å². The Hall–Kier alpha value is -0.950. The van der Waals surface area contributed by atoms with E-state index in [1.807, 2.05) is 0 Å². The lowest BCUT2D eigenvalue weighted by Crippen LogP contribution is -2.46. The minimum Gasteiger partial charge on any atom is -0.463 e. The first-order valence-electron chi connectivity index (χ1n) is 5.53. The largest absolute Gasteiger partial charge is 0.463 e. The molecule has 1 unspecified atom stereocenters. The van der Waals surface area contributed by atoms with Crippen LogP contribution in [0.3, 0.4) is 0 Å². The summed E-state index contributed by atoms with van der Waals surface area (Å²) in [5.41, 5.74) is 0. The smallest absolute Gasteiger partial charge is 0.351 e. The Morgan fingerprint density at radius 3 is 2.67 bits per heavy atom. The first-order valence-corrected chi connectivity index (χ1v) is 7.21. The third kappa shape index (κ3) is 4.73. The van der Waals surface area contributed by atoms with Crippen LogP contribution in [-0.2, 0) is 18.9 Å². The molecular weight excluding hydrogens is 263 g/mol. The predicted octanol–water partition coefficient (Wildman–Crippen LogP) is -1.08. The molecule has 1 saturated heterocycles. The monoisotopic (exact) mass is 280 g/mol. The zero-order valence-corrected chi connectivity index (χ0v) is 10.9. The second-order valence-electron chi connectivity index (χ2n) is 4.07. The van der Waals surface area contributed by atoms with Gasteiger partial charge in [-0.2, -0.15) is 0 Å². The highest BCUT2D eigenvalue weighted by Crippen LogP contribution is 2.39. The van der Waals surface area contributed by atoms with E-state index in [1.54, 1.807) is 0 Å². The van der Waals surface area contributed by atoms with Crippen molar-refractivity contribution in [2.45, 2.75) is 31.6 Å². The molecule has 1 aliphatic heterocycles. The van der Waals surface area contributed by atoms with Crippen LogP contribution in [0.2, 0.25) is 0 Å². The molecule has 1 aliphatic rings. The topological polar surface area (TPSA) is 125 Å². The molecule has 0 spiro atoms. The van der Waals surface area contributed by atoms with Crippen LogP contribution in [0, 0.1) is 0 Å². The van der Waals surface area contributed by atoms with Gasteiger partial charge in [0.25, 0.3) is 0 Å². The Balaban J connectivity index is 2.57. The molecule has 104 valence electrons. The fourth-order valence-corrected chi connectivity index (χ4v) is 2.16. The lowest BCUT2D eigenvalue weighted by molar-refractivity contribution is -0.141. The summed E-state index contributed by atoms with van der Waals surface area (Å²) in [6.45, 7) is 1.28. The molecule has 4 N–H and O–H groups in total. The highest BCUT2D eigenvalue weighted by atomic mass is 31.2. The van der Waals surface area contributed by atoms with Gasteiger partial charge >= 0.3 is 13.6 Å². The van der Waals surface area contributed by atoms with Crippen LogP contribution in [0.1, 0.15) is 19.8 Å². The second kappa shape index (κ2) is 6.29. The summed E-state index contributed by atoms with van der Waals surface area (Å²) in [6, 6.07) is -0.448. The summed E-state index contributed by atoms with van der Waals surface area (Å²) in [5, 5.41) is 5.12. The SMILES string of the molecule is CC(=O)OCC(NC(=O)[C@@H]1CCCN1)P(=O)(O)O. The van der Waals surface area contributed by atoms with Crippen molar-refractivity contribution in [3.05, 3.63) is 0 Å². The van der Waals surface area contributed by atoms with E-state index >= 15 is 0 Å². The molecule has 1 amide bonds. The van der Waals surface area contributed by atoms with E-state index in [4.69, 9.17) is 9.79 Å². The molecule has 0 bridgehead atoms. The van der Waals surface area contributed by atoms with Crippen LogP contribution in [0.15, 0.2) is 0 Å². The van der Waals surface area contributed by atoms with Crippen LogP contribution < -0.4 is 10.6 Å². The van der Waals surface area contributed by atoms with Gasteiger partial charge in [-0.3, -0.25) is 14.2 Å². The average molecular weight is 280 g/mol. The van der Waals surface area contributed by atoms with Crippen molar-refractivity contribution in [3.8, 4) is 0 Å². The van der Waals surface area contributed by atoms with Gasteiger partial charge in [0.2, 0.25) is 5.91 Å². The molecule has 18 heavy (non-hydrogen) atoms. The van der Waals surface area contributed by atoms with Crippen molar-refractivity contribution in [2.75, 3.05) is 13.2 Å². The molecule has 0 aromatic carbocycles. The maximum atomic E-state index is 11.7. The van der Waals surface area contributed by atoms with Gasteiger partial charge in [-0.05, 0) is 19.4 Å². The summed E-state index contributed by atoms with van der Waals surface area (Å²) >= 11 is 0. The van der Waals surface area contributed by atoms with Crippen molar-refractivity contribution in [1.29, 1.82) is 0 Å². The van der Waals surface area contributed by atoms with E-state index < -0.39 is 37.9 Å². The van der Waals surface area contributed by atoms with Crippen molar-refractivity contribution < 1.29 is 28.7 Å². The number of amides is 1. The minimum absolute atomic E-state index is 0.448. The molecule has 2 atom stereocenters. The van der Waals surface area contributed by atoms with Gasteiger partial charge in [-0.1, -0.05) is 0 Å². The Morgan fingerprint density at radius 1 is 1.56 bits per heavy atom. The zero-order valence-electron chi connectivity index (χ0n) is 9.96. The van der Waals surface area contributed by atoms with Crippen molar-refractivity contribution in [2.24, 2.45) is 0 Å². The average Bonchev–Trinajstić information content (AvgIpc) is 2.74. The van der Waals surface area contributed by atoms with Crippen LogP contribution in [0.25, 0.3) is 0 Å². The molecular formula is C9H17N2O6P. The first-order chi connectivity index (χ1) is 8.30. The summed E-state index contributed by atoms with van der Waals surface area (Å²) in [6.07, 6.45) is 1.45. The molecule has 0 aromatic heterocycles. The summed E-state index contributed by atoms with van der Waals surface area (Å²) in [5.74, 6) is -2.66. The highest BCUT2D eigenvalue weighted by molar-refractivity contribution is 7.52. The Bertz CT molecular complexity index is 362. The quantitative estimate of drug-likeness (QED) is 0.373. The molecule has 1 rings (SSSR count). The standard InChI is InChI=1S/C9H17N2O6P/c1-6(12)17-5-8(18(14,15)16)11-9(13)7-3-2-4-10-7/h7-8,10H,2-5H2,1H3,(H,11,13)(H2,14,15,16)/t7-,8?/m0/s1. The minimum atomic E-state index is -4.56. The van der Waals surface area contributed by atoms with Gasteiger partial charge in [0.1, 0.15) is 6.61 Å². The Labute approximate surface area is 104 Å². The summed E-state index contributed by atoms with van der Waals surface area (Å²) in [4.78, 5) is 40.4. The fourth-order valence-electron chi connectivity index (χ4n) is 1.59. The van der Waals surface area contributed by atoms with Gasteiger partial charge in [0, 0.05) is 6.92 Å². The van der Waals surface area contributed by atoms with E-state index in [0.29, 0.717) is 13.0 Å². The molecule has 0 saturated carbocycles. The van der Waals surface area contributed by atoms with Gasteiger partial charge in [0.05, 0.1) is 6.04 Å². The number of carbonyl (C=O) groups excluding carboxylic acids is 2. The van der Waals surface area contributed by atoms with Gasteiger partial charge < -0.3 is 25.2 Å². The fraction of sp³-hybridized carbons (Fsp3) is 0.778. The lowest BCUT2D eigenvalue weighted by atomic mass is 10.2. The number of hydrogen-bond donors (Lipinski definition) is 4. The van der Waals surface area contributed by atoms with Gasteiger partial charge in [-0.25, -0.2) is 0 Å². The summed E-state index contributed by atoms with van der Waals surface area (Å²) in [7, 11) is -4.56. The number of rotatable bonds is 5. The van der Waals surface area contributed by atoms with E-state index in [9.17, 15) is 14.2 Å². The predicted molar refractivity (Wildman–Crippen MR) is 61.6 cm³/mol. The Morgan fingerprint density at radius 2 is 2.22 bits per heavy atom. The lowest BCUT2D eigenvalue weighted by Gasteiger charge is -2.21. The molecule has 1 fully saturated rings.